The van der Waals surface area contributed by atoms with E-state index in [-0.39, 0.29) is 0 Å². The van der Waals surface area contributed by atoms with E-state index in [9.17, 15) is 0 Å². The van der Waals surface area contributed by atoms with Crippen molar-refractivity contribution in [1.29, 1.82) is 0 Å². The van der Waals surface area contributed by atoms with E-state index in [1.165, 1.54) is 58.3 Å². The fourth-order valence-electron chi connectivity index (χ4n) is 3.75. The Hall–Kier alpha value is -0.0800. The number of hydrogen-bond acceptors (Lipinski definition) is 2. The lowest BCUT2D eigenvalue weighted by atomic mass is 9.89. The second-order valence-corrected chi connectivity index (χ2v) is 6.32. The molecule has 0 aromatic heterocycles. The summed E-state index contributed by atoms with van der Waals surface area (Å²) in [6.07, 6.45) is 6.92. The summed E-state index contributed by atoms with van der Waals surface area (Å²) in [4.78, 5) is 2.73. The zero-order chi connectivity index (χ0) is 12.3. The SMILES string of the molecule is CCC1(CC)CN(CC2CCCC2C)CCN1. The predicted molar refractivity (Wildman–Crippen MR) is 74.3 cm³/mol. The van der Waals surface area contributed by atoms with Gasteiger partial charge in [-0.25, -0.2) is 0 Å². The van der Waals surface area contributed by atoms with Gasteiger partial charge in [0.1, 0.15) is 0 Å². The van der Waals surface area contributed by atoms with Gasteiger partial charge in [-0.05, 0) is 31.1 Å². The zero-order valence-corrected chi connectivity index (χ0v) is 12.0. The van der Waals surface area contributed by atoms with Gasteiger partial charge in [-0.1, -0.05) is 33.6 Å². The minimum Gasteiger partial charge on any atom is -0.309 e. The smallest absolute Gasteiger partial charge is 0.0304 e. The average Bonchev–Trinajstić information content (AvgIpc) is 2.75. The van der Waals surface area contributed by atoms with Crippen LogP contribution in [0.3, 0.4) is 0 Å². The fourth-order valence-corrected chi connectivity index (χ4v) is 3.75. The van der Waals surface area contributed by atoms with E-state index in [0.717, 1.165) is 11.8 Å². The van der Waals surface area contributed by atoms with Crippen LogP contribution in [0.5, 0.6) is 0 Å². The molecule has 2 unspecified atom stereocenters. The first-order chi connectivity index (χ1) is 8.19. The molecule has 2 heteroatoms. The largest absolute Gasteiger partial charge is 0.309 e. The van der Waals surface area contributed by atoms with Gasteiger partial charge in [-0.2, -0.15) is 0 Å². The van der Waals surface area contributed by atoms with E-state index in [0.29, 0.717) is 5.54 Å². The molecule has 1 heterocycles. The zero-order valence-electron chi connectivity index (χ0n) is 12.0. The van der Waals surface area contributed by atoms with Crippen LogP contribution in [-0.2, 0) is 0 Å². The molecule has 100 valence electrons. The van der Waals surface area contributed by atoms with Crippen LogP contribution in [0, 0.1) is 11.8 Å². The van der Waals surface area contributed by atoms with Crippen molar-refractivity contribution in [3.63, 3.8) is 0 Å². The molecule has 2 atom stereocenters. The molecular weight excluding hydrogens is 208 g/mol. The summed E-state index contributed by atoms with van der Waals surface area (Å²) in [5.41, 5.74) is 0.403. The molecule has 0 amide bonds. The van der Waals surface area contributed by atoms with Gasteiger partial charge in [0.25, 0.3) is 0 Å². The topological polar surface area (TPSA) is 15.3 Å². The number of piperazine rings is 1. The average molecular weight is 238 g/mol. The van der Waals surface area contributed by atoms with Crippen LogP contribution in [0.15, 0.2) is 0 Å². The lowest BCUT2D eigenvalue weighted by Crippen LogP contribution is -2.60. The van der Waals surface area contributed by atoms with E-state index >= 15 is 0 Å². The third-order valence-corrected chi connectivity index (χ3v) is 5.34. The van der Waals surface area contributed by atoms with Gasteiger partial charge in [-0.15, -0.1) is 0 Å². The van der Waals surface area contributed by atoms with Gasteiger partial charge < -0.3 is 5.32 Å². The Morgan fingerprint density at radius 2 is 2.00 bits per heavy atom. The molecule has 1 saturated heterocycles. The maximum absolute atomic E-state index is 3.76. The summed E-state index contributed by atoms with van der Waals surface area (Å²) < 4.78 is 0. The molecular formula is C15H30N2. The molecule has 2 nitrogen and oxygen atoms in total. The van der Waals surface area contributed by atoms with Crippen LogP contribution in [-0.4, -0.2) is 36.6 Å². The highest BCUT2D eigenvalue weighted by Gasteiger charge is 2.33. The lowest BCUT2D eigenvalue weighted by Gasteiger charge is -2.44. The van der Waals surface area contributed by atoms with Crippen molar-refractivity contribution in [3.8, 4) is 0 Å². The quantitative estimate of drug-likeness (QED) is 0.810. The van der Waals surface area contributed by atoms with Crippen LogP contribution in [0.2, 0.25) is 0 Å². The summed E-state index contributed by atoms with van der Waals surface area (Å²) in [5.74, 6) is 1.93. The number of nitrogens with one attached hydrogen (secondary N) is 1. The predicted octanol–water partition coefficient (Wildman–Crippen LogP) is 2.89. The third-order valence-electron chi connectivity index (χ3n) is 5.34. The van der Waals surface area contributed by atoms with E-state index in [1.807, 2.05) is 0 Å². The van der Waals surface area contributed by atoms with Gasteiger partial charge in [-0.3, -0.25) is 4.90 Å². The Bertz CT molecular complexity index is 235. The normalized spacial score (nSPS) is 34.1. The Balaban J connectivity index is 1.88. The van der Waals surface area contributed by atoms with Gasteiger partial charge in [0.05, 0.1) is 0 Å². The number of nitrogens with zero attached hydrogens (tertiary/aromatic N) is 1. The summed E-state index contributed by atoms with van der Waals surface area (Å²) in [6, 6.07) is 0. The molecule has 0 aromatic rings. The Kier molecular flexibility index (Phi) is 4.48. The summed E-state index contributed by atoms with van der Waals surface area (Å²) >= 11 is 0. The van der Waals surface area contributed by atoms with Crippen molar-refractivity contribution in [2.45, 2.75) is 58.4 Å². The molecule has 0 radical (unpaired) electrons. The maximum atomic E-state index is 3.76. The highest BCUT2D eigenvalue weighted by atomic mass is 15.2. The van der Waals surface area contributed by atoms with Gasteiger partial charge in [0.15, 0.2) is 0 Å². The van der Waals surface area contributed by atoms with Crippen molar-refractivity contribution in [2.24, 2.45) is 11.8 Å². The van der Waals surface area contributed by atoms with Gasteiger partial charge in [0, 0.05) is 31.7 Å². The molecule has 2 aliphatic rings. The molecule has 1 saturated carbocycles. The Morgan fingerprint density at radius 3 is 2.59 bits per heavy atom. The molecule has 0 spiro atoms. The van der Waals surface area contributed by atoms with Crippen molar-refractivity contribution in [2.75, 3.05) is 26.2 Å². The van der Waals surface area contributed by atoms with E-state index in [2.05, 4.69) is 31.0 Å². The summed E-state index contributed by atoms with van der Waals surface area (Å²) in [6.45, 7) is 12.2. The van der Waals surface area contributed by atoms with Crippen molar-refractivity contribution < 1.29 is 0 Å². The first-order valence-electron chi connectivity index (χ1n) is 7.66. The highest BCUT2D eigenvalue weighted by Crippen LogP contribution is 2.32. The first-order valence-corrected chi connectivity index (χ1v) is 7.66. The second-order valence-electron chi connectivity index (χ2n) is 6.32. The molecule has 1 aliphatic heterocycles. The standard InChI is InChI=1S/C15H30N2/c1-4-15(5-2)12-17(10-9-16-15)11-14-8-6-7-13(14)3/h13-14,16H,4-12H2,1-3H3. The molecule has 2 fully saturated rings. The number of rotatable bonds is 4. The van der Waals surface area contributed by atoms with Gasteiger partial charge in [0.2, 0.25) is 0 Å². The Labute approximate surface area is 107 Å². The van der Waals surface area contributed by atoms with Gasteiger partial charge >= 0.3 is 0 Å². The maximum Gasteiger partial charge on any atom is 0.0304 e. The first kappa shape index (κ1) is 13.4. The fraction of sp³-hybridized carbons (Fsp3) is 1.00. The summed E-state index contributed by atoms with van der Waals surface area (Å²) in [7, 11) is 0. The summed E-state index contributed by atoms with van der Waals surface area (Å²) in [5, 5.41) is 3.76. The van der Waals surface area contributed by atoms with Crippen molar-refractivity contribution in [1.82, 2.24) is 10.2 Å². The minimum atomic E-state index is 0.403. The molecule has 1 N–H and O–H groups in total. The molecule has 1 aliphatic carbocycles. The minimum absolute atomic E-state index is 0.403. The van der Waals surface area contributed by atoms with Crippen molar-refractivity contribution in [3.05, 3.63) is 0 Å². The van der Waals surface area contributed by atoms with E-state index < -0.39 is 0 Å². The van der Waals surface area contributed by atoms with Crippen LogP contribution in [0.25, 0.3) is 0 Å². The molecule has 0 bridgehead atoms. The monoisotopic (exact) mass is 238 g/mol. The van der Waals surface area contributed by atoms with Crippen LogP contribution >= 0.6 is 0 Å². The number of hydrogen-bond donors (Lipinski definition) is 1. The molecule has 17 heavy (non-hydrogen) atoms. The van der Waals surface area contributed by atoms with E-state index in [4.69, 9.17) is 0 Å². The Morgan fingerprint density at radius 1 is 1.24 bits per heavy atom. The molecule has 0 aromatic carbocycles. The van der Waals surface area contributed by atoms with Crippen LogP contribution < -0.4 is 5.32 Å². The molecule has 2 rings (SSSR count). The lowest BCUT2D eigenvalue weighted by molar-refractivity contribution is 0.102. The highest BCUT2D eigenvalue weighted by molar-refractivity contribution is 4.93. The third kappa shape index (κ3) is 3.03. The van der Waals surface area contributed by atoms with Crippen LogP contribution in [0.1, 0.15) is 52.9 Å². The van der Waals surface area contributed by atoms with Crippen molar-refractivity contribution >= 4 is 0 Å². The van der Waals surface area contributed by atoms with E-state index in [1.54, 1.807) is 0 Å². The van der Waals surface area contributed by atoms with Crippen LogP contribution in [0.4, 0.5) is 0 Å². The second kappa shape index (κ2) is 5.71.